The van der Waals surface area contributed by atoms with Crippen LogP contribution in [0.4, 0.5) is 8.78 Å². The molecule has 8 heteroatoms. The number of carbonyl (C=O) groups is 1. The molecule has 0 radical (unpaired) electrons. The van der Waals surface area contributed by atoms with Gasteiger partial charge in [0, 0.05) is 17.7 Å². The fourth-order valence-electron chi connectivity index (χ4n) is 3.62. The number of amides is 1. The Kier molecular flexibility index (Phi) is 7.06. The largest absolute Gasteiger partial charge is 0.366 e. The SMILES string of the molecule is CCc1c(CNS(=O)(=O)c2ccc(-c3ccc(F)cc3)cc2)cc(C(N)=O)c(CC)c1F. The number of benzene rings is 3. The monoisotopic (exact) mass is 458 g/mol. The van der Waals surface area contributed by atoms with Crippen molar-refractivity contribution in [3.05, 3.63) is 88.5 Å². The minimum Gasteiger partial charge on any atom is -0.366 e. The summed E-state index contributed by atoms with van der Waals surface area (Å²) in [4.78, 5) is 11.8. The molecule has 3 aromatic carbocycles. The van der Waals surface area contributed by atoms with E-state index in [1.165, 1.54) is 30.3 Å². The number of halogens is 2. The third kappa shape index (κ3) is 4.87. The molecule has 0 spiro atoms. The fraction of sp³-hybridized carbons (Fsp3) is 0.208. The van der Waals surface area contributed by atoms with Crippen molar-refractivity contribution in [2.24, 2.45) is 5.73 Å². The van der Waals surface area contributed by atoms with E-state index in [4.69, 9.17) is 5.73 Å². The van der Waals surface area contributed by atoms with Gasteiger partial charge in [-0.15, -0.1) is 0 Å². The molecule has 0 fully saturated rings. The number of sulfonamides is 1. The highest BCUT2D eigenvalue weighted by Gasteiger charge is 2.21. The van der Waals surface area contributed by atoms with E-state index in [0.29, 0.717) is 24.0 Å². The molecule has 0 aromatic heterocycles. The summed E-state index contributed by atoms with van der Waals surface area (Å²) in [6.07, 6.45) is 0.630. The first-order chi connectivity index (χ1) is 15.2. The number of hydrogen-bond donors (Lipinski definition) is 2. The van der Waals surface area contributed by atoms with Gasteiger partial charge in [0.05, 0.1) is 4.90 Å². The van der Waals surface area contributed by atoms with Crippen molar-refractivity contribution in [3.63, 3.8) is 0 Å². The van der Waals surface area contributed by atoms with Crippen molar-refractivity contribution in [3.8, 4) is 11.1 Å². The zero-order valence-electron chi connectivity index (χ0n) is 17.8. The summed E-state index contributed by atoms with van der Waals surface area (Å²) in [6.45, 7) is 3.29. The molecular formula is C24H24F2N2O3S. The van der Waals surface area contributed by atoms with Gasteiger partial charge in [0.15, 0.2) is 0 Å². The van der Waals surface area contributed by atoms with Gasteiger partial charge in [0.2, 0.25) is 15.9 Å². The smallest absolute Gasteiger partial charge is 0.249 e. The molecule has 0 unspecified atom stereocenters. The summed E-state index contributed by atoms with van der Waals surface area (Å²) in [7, 11) is -3.90. The van der Waals surface area contributed by atoms with E-state index in [-0.39, 0.29) is 28.4 Å². The minimum atomic E-state index is -3.90. The van der Waals surface area contributed by atoms with Crippen LogP contribution in [0.25, 0.3) is 11.1 Å². The maximum atomic E-state index is 14.9. The van der Waals surface area contributed by atoms with E-state index in [1.807, 2.05) is 0 Å². The molecule has 5 nitrogen and oxygen atoms in total. The van der Waals surface area contributed by atoms with E-state index < -0.39 is 21.7 Å². The second-order valence-electron chi connectivity index (χ2n) is 7.28. The Morgan fingerprint density at radius 2 is 1.44 bits per heavy atom. The Balaban J connectivity index is 1.86. The van der Waals surface area contributed by atoms with Crippen molar-refractivity contribution in [1.82, 2.24) is 4.72 Å². The van der Waals surface area contributed by atoms with Gasteiger partial charge < -0.3 is 5.73 Å². The number of carbonyl (C=O) groups excluding carboxylic acids is 1. The molecule has 0 aliphatic rings. The van der Waals surface area contributed by atoms with Gasteiger partial charge in [-0.2, -0.15) is 0 Å². The molecule has 0 aliphatic carbocycles. The van der Waals surface area contributed by atoms with Crippen LogP contribution in [-0.2, 0) is 29.4 Å². The predicted molar refractivity (Wildman–Crippen MR) is 120 cm³/mol. The van der Waals surface area contributed by atoms with Crippen molar-refractivity contribution in [2.45, 2.75) is 38.1 Å². The topological polar surface area (TPSA) is 89.3 Å². The second kappa shape index (κ2) is 9.58. The first-order valence-electron chi connectivity index (χ1n) is 10.2. The standard InChI is InChI=1S/C24H24F2N2O3S/c1-3-20-17(13-22(24(27)29)21(4-2)23(20)26)14-28-32(30,31)19-11-7-16(8-12-19)15-5-9-18(25)10-6-15/h5-13,28H,3-4,14H2,1-2H3,(H2,27,29). The van der Waals surface area contributed by atoms with Crippen LogP contribution < -0.4 is 10.5 Å². The van der Waals surface area contributed by atoms with Crippen molar-refractivity contribution < 1.29 is 22.0 Å². The lowest BCUT2D eigenvalue weighted by atomic mass is 9.94. The van der Waals surface area contributed by atoms with Gasteiger partial charge >= 0.3 is 0 Å². The van der Waals surface area contributed by atoms with Crippen LogP contribution >= 0.6 is 0 Å². The van der Waals surface area contributed by atoms with Crippen LogP contribution in [0.2, 0.25) is 0 Å². The molecule has 0 aliphatic heterocycles. The van der Waals surface area contributed by atoms with Gasteiger partial charge in [-0.25, -0.2) is 21.9 Å². The molecule has 3 N–H and O–H groups in total. The Hall–Kier alpha value is -3.10. The molecule has 0 bridgehead atoms. The third-order valence-electron chi connectivity index (χ3n) is 5.33. The van der Waals surface area contributed by atoms with E-state index in [1.54, 1.807) is 38.1 Å². The molecule has 3 aromatic rings. The lowest BCUT2D eigenvalue weighted by molar-refractivity contribution is 0.0998. The van der Waals surface area contributed by atoms with Gasteiger partial charge in [0.25, 0.3) is 0 Å². The number of nitrogens with one attached hydrogen (secondary N) is 1. The average molecular weight is 459 g/mol. The van der Waals surface area contributed by atoms with Crippen LogP contribution in [0.15, 0.2) is 59.5 Å². The summed E-state index contributed by atoms with van der Waals surface area (Å²) in [5.74, 6) is -1.64. The quantitative estimate of drug-likeness (QED) is 0.526. The number of hydrogen-bond acceptors (Lipinski definition) is 3. The Morgan fingerprint density at radius 1 is 0.906 bits per heavy atom. The molecule has 1 amide bonds. The first-order valence-corrected chi connectivity index (χ1v) is 11.6. The molecular weight excluding hydrogens is 434 g/mol. The number of rotatable bonds is 8. The molecule has 0 saturated heterocycles. The Bertz CT molecular complexity index is 1240. The van der Waals surface area contributed by atoms with Gasteiger partial charge in [-0.05, 0) is 65.4 Å². The Morgan fingerprint density at radius 3 is 1.94 bits per heavy atom. The van der Waals surface area contributed by atoms with Crippen LogP contribution in [0.5, 0.6) is 0 Å². The molecule has 32 heavy (non-hydrogen) atoms. The van der Waals surface area contributed by atoms with Gasteiger partial charge in [-0.3, -0.25) is 4.79 Å². The normalized spacial score (nSPS) is 11.5. The summed E-state index contributed by atoms with van der Waals surface area (Å²) < 4.78 is 56.0. The fourth-order valence-corrected chi connectivity index (χ4v) is 4.63. The zero-order chi connectivity index (χ0) is 23.5. The highest BCUT2D eigenvalue weighted by molar-refractivity contribution is 7.89. The molecule has 168 valence electrons. The van der Waals surface area contributed by atoms with Crippen molar-refractivity contribution in [1.29, 1.82) is 0 Å². The zero-order valence-corrected chi connectivity index (χ0v) is 18.6. The van der Waals surface area contributed by atoms with Crippen molar-refractivity contribution in [2.75, 3.05) is 0 Å². The second-order valence-corrected chi connectivity index (χ2v) is 9.05. The maximum Gasteiger partial charge on any atom is 0.249 e. The van der Waals surface area contributed by atoms with Crippen molar-refractivity contribution >= 4 is 15.9 Å². The number of primary amides is 1. The first kappa shape index (κ1) is 23.6. The summed E-state index contributed by atoms with van der Waals surface area (Å²) in [5.41, 5.74) is 7.89. The van der Waals surface area contributed by atoms with Crippen LogP contribution in [0, 0.1) is 11.6 Å². The number of nitrogens with two attached hydrogens (primary N) is 1. The van der Waals surface area contributed by atoms with Crippen LogP contribution in [-0.4, -0.2) is 14.3 Å². The highest BCUT2D eigenvalue weighted by atomic mass is 32.2. The lowest BCUT2D eigenvalue weighted by Crippen LogP contribution is -2.25. The van der Waals surface area contributed by atoms with E-state index in [0.717, 1.165) is 11.1 Å². The molecule has 3 rings (SSSR count). The highest BCUT2D eigenvalue weighted by Crippen LogP contribution is 2.25. The Labute approximate surface area is 186 Å². The maximum absolute atomic E-state index is 14.9. The predicted octanol–water partition coefficient (Wildman–Crippen LogP) is 4.33. The third-order valence-corrected chi connectivity index (χ3v) is 6.75. The molecule has 0 saturated carbocycles. The van der Waals surface area contributed by atoms with Gasteiger partial charge in [-0.1, -0.05) is 38.1 Å². The van der Waals surface area contributed by atoms with Crippen LogP contribution in [0.3, 0.4) is 0 Å². The van der Waals surface area contributed by atoms with Crippen LogP contribution in [0.1, 0.15) is 40.9 Å². The van der Waals surface area contributed by atoms with Gasteiger partial charge in [0.1, 0.15) is 11.6 Å². The summed E-state index contributed by atoms with van der Waals surface area (Å²) >= 11 is 0. The van der Waals surface area contributed by atoms with E-state index in [9.17, 15) is 22.0 Å². The average Bonchev–Trinajstić information content (AvgIpc) is 2.78. The molecule has 0 atom stereocenters. The summed E-state index contributed by atoms with van der Waals surface area (Å²) in [5, 5.41) is 0. The minimum absolute atomic E-state index is 0.0298. The molecule has 0 heterocycles. The lowest BCUT2D eigenvalue weighted by Gasteiger charge is -2.16. The van der Waals surface area contributed by atoms with E-state index in [2.05, 4.69) is 4.72 Å². The summed E-state index contributed by atoms with van der Waals surface area (Å²) in [6, 6.07) is 13.5. The van der Waals surface area contributed by atoms with E-state index >= 15 is 0 Å².